The molecule has 8 nitrogen and oxygen atoms in total. The summed E-state index contributed by atoms with van der Waals surface area (Å²) in [6, 6.07) is 0.555. The fraction of sp³-hybridized carbons (Fsp3) is 0.526. The van der Waals surface area contributed by atoms with E-state index < -0.39 is 72.4 Å². The average molecular weight is 503 g/mol. The van der Waals surface area contributed by atoms with Gasteiger partial charge in [0.15, 0.2) is 0 Å². The molecule has 15 heteroatoms. The van der Waals surface area contributed by atoms with E-state index in [1.807, 2.05) is 5.32 Å². The lowest BCUT2D eigenvalue weighted by molar-refractivity contribution is -0.159. The van der Waals surface area contributed by atoms with Crippen molar-refractivity contribution in [1.29, 1.82) is 0 Å². The molecule has 34 heavy (non-hydrogen) atoms. The number of nitrogens with one attached hydrogen (secondary N) is 2. The van der Waals surface area contributed by atoms with Crippen LogP contribution in [-0.2, 0) is 14.4 Å². The van der Waals surface area contributed by atoms with Gasteiger partial charge in [0.25, 0.3) is 17.7 Å². The molecule has 0 saturated heterocycles. The maximum absolute atomic E-state index is 13.7. The van der Waals surface area contributed by atoms with Crippen LogP contribution in [-0.4, -0.2) is 66.0 Å². The molecule has 3 amide bonds. The normalized spacial score (nSPS) is 20.5. The molecule has 2 rings (SSSR count). The molecular weight excluding hydrogens is 483 g/mol. The van der Waals surface area contributed by atoms with Crippen LogP contribution in [0.25, 0.3) is 0 Å². The molecule has 1 aliphatic heterocycles. The van der Waals surface area contributed by atoms with Crippen LogP contribution in [0.3, 0.4) is 0 Å². The van der Waals surface area contributed by atoms with Gasteiger partial charge in [-0.05, 0) is 25.5 Å². The lowest BCUT2D eigenvalue weighted by Gasteiger charge is -2.30. The second kappa shape index (κ2) is 9.64. The number of amides is 3. The minimum atomic E-state index is -4.96. The molecule has 190 valence electrons. The molecule has 1 aliphatic rings. The number of aliphatic hydroxyl groups is 1. The van der Waals surface area contributed by atoms with Crippen LogP contribution < -0.4 is 20.3 Å². The summed E-state index contributed by atoms with van der Waals surface area (Å²) in [7, 11) is 0. The van der Waals surface area contributed by atoms with Gasteiger partial charge in [-0.15, -0.1) is 0 Å². The number of rotatable bonds is 6. The Hall–Kier alpha value is -3.10. The quantitative estimate of drug-likeness (QED) is 0.406. The molecular formula is C19H20F7N3O5. The van der Waals surface area contributed by atoms with E-state index in [-0.39, 0.29) is 17.1 Å². The van der Waals surface area contributed by atoms with Crippen molar-refractivity contribution in [3.63, 3.8) is 0 Å². The molecule has 0 bridgehead atoms. The van der Waals surface area contributed by atoms with Crippen molar-refractivity contribution < 1.29 is 55.0 Å². The number of alkyl halides is 6. The summed E-state index contributed by atoms with van der Waals surface area (Å²) >= 11 is 0. The van der Waals surface area contributed by atoms with Gasteiger partial charge in [0.2, 0.25) is 5.60 Å². The smallest absolute Gasteiger partial charge is 0.406 e. The Morgan fingerprint density at radius 2 is 1.74 bits per heavy atom. The lowest BCUT2D eigenvalue weighted by Crippen LogP contribution is -2.63. The average Bonchev–Trinajstić information content (AvgIpc) is 2.80. The second-order valence-electron chi connectivity index (χ2n) is 7.54. The molecule has 3 atom stereocenters. The van der Waals surface area contributed by atoms with Crippen LogP contribution >= 0.6 is 0 Å². The van der Waals surface area contributed by atoms with Gasteiger partial charge in [-0.2, -0.15) is 26.3 Å². The van der Waals surface area contributed by atoms with Gasteiger partial charge in [-0.3, -0.25) is 19.3 Å². The Morgan fingerprint density at radius 1 is 1.12 bits per heavy atom. The van der Waals surface area contributed by atoms with E-state index in [4.69, 9.17) is 4.74 Å². The summed E-state index contributed by atoms with van der Waals surface area (Å²) in [4.78, 5) is 37.6. The third kappa shape index (κ3) is 6.48. The zero-order valence-corrected chi connectivity index (χ0v) is 17.7. The van der Waals surface area contributed by atoms with Crippen molar-refractivity contribution in [2.24, 2.45) is 0 Å². The van der Waals surface area contributed by atoms with E-state index in [0.29, 0.717) is 13.0 Å². The lowest BCUT2D eigenvalue weighted by atomic mass is 10.0. The highest BCUT2D eigenvalue weighted by molar-refractivity contribution is 6.10. The number of fused-ring (bicyclic) bond motifs is 1. The molecule has 0 unspecified atom stereocenters. The van der Waals surface area contributed by atoms with E-state index >= 15 is 0 Å². The Labute approximate surface area is 188 Å². The minimum Gasteiger partial charge on any atom is -0.486 e. The van der Waals surface area contributed by atoms with Gasteiger partial charge < -0.3 is 20.5 Å². The fourth-order valence-corrected chi connectivity index (χ4v) is 3.03. The number of halogens is 7. The molecule has 0 fully saturated rings. The second-order valence-corrected chi connectivity index (χ2v) is 7.54. The van der Waals surface area contributed by atoms with Gasteiger partial charge in [0.1, 0.15) is 36.8 Å². The number of hydrogen-bond acceptors (Lipinski definition) is 5. The van der Waals surface area contributed by atoms with Crippen molar-refractivity contribution in [3.05, 3.63) is 24.0 Å². The first-order valence-electron chi connectivity index (χ1n) is 9.69. The first-order valence-corrected chi connectivity index (χ1v) is 9.69. The predicted molar refractivity (Wildman–Crippen MR) is 101 cm³/mol. The highest BCUT2D eigenvalue weighted by Crippen LogP contribution is 2.36. The van der Waals surface area contributed by atoms with Gasteiger partial charge in [0.05, 0.1) is 5.69 Å². The van der Waals surface area contributed by atoms with Crippen molar-refractivity contribution in [3.8, 4) is 5.75 Å². The van der Waals surface area contributed by atoms with Crippen molar-refractivity contribution in [1.82, 2.24) is 10.6 Å². The maximum Gasteiger partial charge on any atom is 0.406 e. The van der Waals surface area contributed by atoms with Gasteiger partial charge >= 0.3 is 12.4 Å². The van der Waals surface area contributed by atoms with E-state index in [0.717, 1.165) is 12.1 Å². The Balaban J connectivity index is 2.39. The summed E-state index contributed by atoms with van der Waals surface area (Å²) < 4.78 is 95.8. The monoisotopic (exact) mass is 503 g/mol. The Morgan fingerprint density at radius 3 is 2.26 bits per heavy atom. The molecule has 0 radical (unpaired) electrons. The molecule has 3 N–H and O–H groups in total. The first kappa shape index (κ1) is 27.1. The number of hydrogen-bond donors (Lipinski definition) is 3. The number of carbonyl (C=O) groups is 3. The summed E-state index contributed by atoms with van der Waals surface area (Å²) in [5, 5.41) is 13.4. The van der Waals surface area contributed by atoms with Crippen LogP contribution in [0, 0.1) is 5.82 Å². The zero-order valence-electron chi connectivity index (χ0n) is 17.7. The van der Waals surface area contributed by atoms with Crippen LogP contribution in [0.1, 0.15) is 20.3 Å². The zero-order chi connectivity index (χ0) is 26.1. The molecule has 0 aromatic heterocycles. The third-order valence-electron chi connectivity index (χ3n) is 4.75. The summed E-state index contributed by atoms with van der Waals surface area (Å²) in [6.07, 6.45) is -11.2. The van der Waals surface area contributed by atoms with Crippen molar-refractivity contribution >= 4 is 23.4 Å². The Bertz CT molecular complexity index is 949. The SMILES string of the molecule is CC[C@H]1Oc2ccc(F)cc2N(CC(F)(F)F)C(=O)[C@H]1NC(=O)[C@](C)(O)C(=O)NCC(F)(F)F. The topological polar surface area (TPSA) is 108 Å². The van der Waals surface area contributed by atoms with Crippen LogP contribution in [0.2, 0.25) is 0 Å². The highest BCUT2D eigenvalue weighted by atomic mass is 19.4. The standard InChI is InChI=1S/C19H20F7N3O5/c1-3-11-13(28-16(32)17(2,33)15(31)27-7-18(21,22)23)14(30)29(8-19(24,25)26)10-6-9(20)4-5-12(10)34-11/h4-6,11,13,33H,3,7-8H2,1-2H3,(H,27,31)(H,28,32)/t11-,13+,17-/m1/s1. The van der Waals surface area contributed by atoms with E-state index in [9.17, 15) is 50.2 Å². The van der Waals surface area contributed by atoms with Gasteiger partial charge in [-0.1, -0.05) is 6.92 Å². The van der Waals surface area contributed by atoms with Gasteiger partial charge in [0, 0.05) is 6.07 Å². The largest absolute Gasteiger partial charge is 0.486 e. The Kier molecular flexibility index (Phi) is 7.70. The number of carbonyl (C=O) groups excluding carboxylic acids is 3. The molecule has 1 heterocycles. The van der Waals surface area contributed by atoms with E-state index in [1.165, 1.54) is 12.2 Å². The van der Waals surface area contributed by atoms with Crippen molar-refractivity contribution in [2.75, 3.05) is 18.0 Å². The predicted octanol–water partition coefficient (Wildman–Crippen LogP) is 1.81. The molecule has 0 spiro atoms. The van der Waals surface area contributed by atoms with Crippen LogP contribution in [0.4, 0.5) is 36.4 Å². The van der Waals surface area contributed by atoms with Crippen LogP contribution in [0.5, 0.6) is 5.75 Å². The minimum absolute atomic E-state index is 0.0875. The summed E-state index contributed by atoms with van der Waals surface area (Å²) in [5.41, 5.74) is -3.71. The molecule has 0 saturated carbocycles. The van der Waals surface area contributed by atoms with Gasteiger partial charge in [-0.25, -0.2) is 4.39 Å². The number of nitrogens with zero attached hydrogens (tertiary/aromatic N) is 1. The molecule has 1 aromatic carbocycles. The highest BCUT2D eigenvalue weighted by Gasteiger charge is 2.47. The van der Waals surface area contributed by atoms with Crippen molar-refractivity contribution in [2.45, 2.75) is 50.4 Å². The fourth-order valence-electron chi connectivity index (χ4n) is 3.03. The van der Waals surface area contributed by atoms with E-state index in [2.05, 4.69) is 0 Å². The van der Waals surface area contributed by atoms with Crippen LogP contribution in [0.15, 0.2) is 18.2 Å². The summed E-state index contributed by atoms with van der Waals surface area (Å²) in [6.45, 7) is -1.79. The number of anilines is 1. The number of ether oxygens (including phenoxy) is 1. The number of benzene rings is 1. The molecule has 0 aliphatic carbocycles. The van der Waals surface area contributed by atoms with E-state index in [1.54, 1.807) is 0 Å². The molecule has 1 aromatic rings. The summed E-state index contributed by atoms with van der Waals surface area (Å²) in [5.74, 6) is -6.14. The first-order chi connectivity index (χ1) is 15.5. The third-order valence-corrected chi connectivity index (χ3v) is 4.75. The maximum atomic E-state index is 13.7.